The molecule has 0 radical (unpaired) electrons. The predicted octanol–water partition coefficient (Wildman–Crippen LogP) is 2.89. The van der Waals surface area contributed by atoms with Crippen LogP contribution in [0.2, 0.25) is 0 Å². The average Bonchev–Trinajstić information content (AvgIpc) is 3.14. The fourth-order valence-corrected chi connectivity index (χ4v) is 4.85. The van der Waals surface area contributed by atoms with Crippen molar-refractivity contribution in [2.75, 3.05) is 5.32 Å². The third kappa shape index (κ3) is 3.51. The molecule has 2 bridgehead atoms. The molecular formula is C21H26FN7O2. The number of likely N-dealkylation sites (tertiary alicyclic amines) is 1. The Morgan fingerprint density at radius 1 is 1.42 bits per heavy atom. The molecule has 1 aromatic carbocycles. The number of halogens is 1. The SMILES string of the molecule is Cc1noc(C23CC(C[C@@H](C)C2)N3C(=O)Nc2cc(C(N)=N/C=C\N)c(C)cc2F)n1. The molecule has 1 aliphatic heterocycles. The van der Waals surface area contributed by atoms with Gasteiger partial charge in [0, 0.05) is 30.4 Å². The number of hydrogen-bond acceptors (Lipinski definition) is 6. The monoisotopic (exact) mass is 427 g/mol. The smallest absolute Gasteiger partial charge is 0.323 e. The quantitative estimate of drug-likeness (QED) is 0.507. The molecule has 2 aliphatic rings. The predicted molar refractivity (Wildman–Crippen MR) is 114 cm³/mol. The summed E-state index contributed by atoms with van der Waals surface area (Å²) in [6.07, 6.45) is 4.92. The van der Waals surface area contributed by atoms with Gasteiger partial charge in [0.25, 0.3) is 5.89 Å². The molecule has 3 atom stereocenters. The molecule has 31 heavy (non-hydrogen) atoms. The Bertz CT molecular complexity index is 1080. The van der Waals surface area contributed by atoms with Gasteiger partial charge in [-0.3, -0.25) is 0 Å². The summed E-state index contributed by atoms with van der Waals surface area (Å²) in [5.41, 5.74) is 11.8. The molecule has 0 spiro atoms. The second kappa shape index (κ2) is 7.68. The number of aryl methyl sites for hydroxylation is 2. The number of nitrogens with two attached hydrogens (primary N) is 2. The number of nitrogens with one attached hydrogen (secondary N) is 1. The highest BCUT2D eigenvalue weighted by atomic mass is 19.1. The summed E-state index contributed by atoms with van der Waals surface area (Å²) in [4.78, 5) is 23.4. The largest absolute Gasteiger partial charge is 0.403 e. The van der Waals surface area contributed by atoms with E-state index in [1.807, 2.05) is 0 Å². The van der Waals surface area contributed by atoms with Crippen LogP contribution in [-0.4, -0.2) is 32.9 Å². The van der Waals surface area contributed by atoms with Gasteiger partial charge in [0.05, 0.1) is 5.69 Å². The Hall–Kier alpha value is -3.43. The van der Waals surface area contributed by atoms with Crippen LogP contribution in [0.1, 0.15) is 49.0 Å². The first-order chi connectivity index (χ1) is 14.7. The number of amides is 2. The Kier molecular flexibility index (Phi) is 5.16. The summed E-state index contributed by atoms with van der Waals surface area (Å²) < 4.78 is 20.1. The molecule has 4 rings (SSSR count). The standard InChI is InChI=1S/C21H26FN7O2/c1-11-6-14-10-21(9-11,19-26-13(3)28-31-19)29(14)20(30)27-17-8-15(12(2)7-16(17)22)18(24)25-5-4-23/h4-5,7-8,11,14H,6,9-10,23H2,1-3H3,(H2,24,25)(H,27,30)/b5-4-/t11-,14?,21?/m1/s1. The zero-order chi connectivity index (χ0) is 22.3. The van der Waals surface area contributed by atoms with E-state index in [2.05, 4.69) is 27.4 Å². The van der Waals surface area contributed by atoms with Crippen LogP contribution in [0.5, 0.6) is 0 Å². The van der Waals surface area contributed by atoms with E-state index in [-0.39, 0.29) is 17.6 Å². The molecule has 2 heterocycles. The molecule has 2 aromatic rings. The van der Waals surface area contributed by atoms with Gasteiger partial charge in [0.1, 0.15) is 17.2 Å². The van der Waals surface area contributed by atoms with E-state index in [9.17, 15) is 9.18 Å². The van der Waals surface area contributed by atoms with Crippen molar-refractivity contribution >= 4 is 17.6 Å². The van der Waals surface area contributed by atoms with E-state index >= 15 is 0 Å². The minimum Gasteiger partial charge on any atom is -0.403 e. The number of carbonyl (C=O) groups is 1. The van der Waals surface area contributed by atoms with Crippen LogP contribution in [0.25, 0.3) is 0 Å². The molecule has 2 amide bonds. The molecule has 1 saturated heterocycles. The summed E-state index contributed by atoms with van der Waals surface area (Å²) in [5, 5.41) is 6.60. The Morgan fingerprint density at radius 3 is 2.87 bits per heavy atom. The van der Waals surface area contributed by atoms with Crippen LogP contribution in [0.3, 0.4) is 0 Å². The van der Waals surface area contributed by atoms with Gasteiger partial charge in [-0.2, -0.15) is 4.98 Å². The van der Waals surface area contributed by atoms with E-state index in [0.717, 1.165) is 12.8 Å². The molecule has 164 valence electrons. The van der Waals surface area contributed by atoms with Crippen LogP contribution in [0.4, 0.5) is 14.9 Å². The van der Waals surface area contributed by atoms with Crippen molar-refractivity contribution in [1.82, 2.24) is 15.0 Å². The second-order valence-corrected chi connectivity index (χ2v) is 8.38. The second-order valence-electron chi connectivity index (χ2n) is 8.38. The Morgan fingerprint density at radius 2 is 2.19 bits per heavy atom. The third-order valence-corrected chi connectivity index (χ3v) is 6.04. The number of carbonyl (C=O) groups excluding carboxylic acids is 1. The van der Waals surface area contributed by atoms with Crippen LogP contribution in [0.15, 0.2) is 34.0 Å². The van der Waals surface area contributed by atoms with Gasteiger partial charge in [-0.1, -0.05) is 12.1 Å². The molecule has 10 heteroatoms. The number of rotatable bonds is 4. The first-order valence-corrected chi connectivity index (χ1v) is 10.2. The highest BCUT2D eigenvalue weighted by molar-refractivity contribution is 6.01. The number of benzene rings is 1. The lowest BCUT2D eigenvalue weighted by atomic mass is 9.64. The lowest BCUT2D eigenvalue weighted by molar-refractivity contribution is -0.112. The van der Waals surface area contributed by atoms with Gasteiger partial charge in [0.15, 0.2) is 5.82 Å². The van der Waals surface area contributed by atoms with Crippen molar-refractivity contribution in [2.45, 2.75) is 51.6 Å². The molecule has 2 fully saturated rings. The van der Waals surface area contributed by atoms with Crippen molar-refractivity contribution in [3.05, 3.63) is 53.2 Å². The average molecular weight is 427 g/mol. The minimum absolute atomic E-state index is 0.0235. The first kappa shape index (κ1) is 20.8. The Labute approximate surface area is 179 Å². The molecule has 2 unspecified atom stereocenters. The fraction of sp³-hybridized carbons (Fsp3) is 0.429. The summed E-state index contributed by atoms with van der Waals surface area (Å²) >= 11 is 0. The molecule has 1 aromatic heterocycles. The van der Waals surface area contributed by atoms with E-state index < -0.39 is 17.4 Å². The number of aromatic nitrogens is 2. The Balaban J connectivity index is 1.64. The van der Waals surface area contributed by atoms with Gasteiger partial charge >= 0.3 is 6.03 Å². The van der Waals surface area contributed by atoms with E-state index in [0.29, 0.717) is 35.2 Å². The summed E-state index contributed by atoms with van der Waals surface area (Å²) in [6.45, 7) is 5.60. The number of amidine groups is 1. The third-order valence-electron chi connectivity index (χ3n) is 6.04. The van der Waals surface area contributed by atoms with E-state index in [1.165, 1.54) is 24.5 Å². The normalized spacial score (nSPS) is 25.5. The van der Waals surface area contributed by atoms with E-state index in [1.54, 1.807) is 18.7 Å². The van der Waals surface area contributed by atoms with Crippen LogP contribution in [-0.2, 0) is 5.54 Å². The van der Waals surface area contributed by atoms with Gasteiger partial charge in [-0.05, 0) is 50.3 Å². The van der Waals surface area contributed by atoms with Gasteiger partial charge in [0.2, 0.25) is 0 Å². The summed E-state index contributed by atoms with van der Waals surface area (Å²) in [7, 11) is 0. The molecular weight excluding hydrogens is 401 g/mol. The minimum atomic E-state index is -0.663. The van der Waals surface area contributed by atoms with E-state index in [4.69, 9.17) is 16.0 Å². The van der Waals surface area contributed by atoms with Crippen molar-refractivity contribution < 1.29 is 13.7 Å². The number of hydrogen-bond donors (Lipinski definition) is 3. The topological polar surface area (TPSA) is 136 Å². The molecule has 9 nitrogen and oxygen atoms in total. The van der Waals surface area contributed by atoms with Crippen molar-refractivity contribution in [3.8, 4) is 0 Å². The van der Waals surface area contributed by atoms with Crippen molar-refractivity contribution in [2.24, 2.45) is 22.4 Å². The fourth-order valence-electron chi connectivity index (χ4n) is 4.85. The van der Waals surface area contributed by atoms with Gasteiger partial charge in [-0.15, -0.1) is 0 Å². The number of urea groups is 1. The van der Waals surface area contributed by atoms with Crippen LogP contribution >= 0.6 is 0 Å². The maximum absolute atomic E-state index is 14.7. The molecule has 1 saturated carbocycles. The maximum atomic E-state index is 14.7. The summed E-state index contributed by atoms with van der Waals surface area (Å²) in [6, 6.07) is 2.42. The van der Waals surface area contributed by atoms with Gasteiger partial charge in [-0.25, -0.2) is 14.2 Å². The lowest BCUT2D eigenvalue weighted by Crippen LogP contribution is -2.70. The van der Waals surface area contributed by atoms with Crippen molar-refractivity contribution in [1.29, 1.82) is 0 Å². The molecule has 5 N–H and O–H groups in total. The first-order valence-electron chi connectivity index (χ1n) is 10.2. The number of piperidine rings is 1. The van der Waals surface area contributed by atoms with Crippen LogP contribution < -0.4 is 16.8 Å². The number of aliphatic imine (C=N–C) groups is 1. The van der Waals surface area contributed by atoms with Crippen molar-refractivity contribution in [3.63, 3.8) is 0 Å². The number of fused-ring (bicyclic) bond motifs is 2. The van der Waals surface area contributed by atoms with Crippen LogP contribution in [0, 0.1) is 25.6 Å². The zero-order valence-electron chi connectivity index (χ0n) is 17.7. The number of anilines is 1. The van der Waals surface area contributed by atoms with Gasteiger partial charge < -0.3 is 26.2 Å². The molecule has 1 aliphatic carbocycles. The highest BCUT2D eigenvalue weighted by Gasteiger charge is 2.62. The highest BCUT2D eigenvalue weighted by Crippen LogP contribution is 2.55. The number of nitrogens with zero attached hydrogens (tertiary/aromatic N) is 4. The maximum Gasteiger partial charge on any atom is 0.323 e. The lowest BCUT2D eigenvalue weighted by Gasteiger charge is -2.61. The zero-order valence-corrected chi connectivity index (χ0v) is 17.7. The summed E-state index contributed by atoms with van der Waals surface area (Å²) in [5.74, 6) is 0.963.